The Morgan fingerprint density at radius 2 is 1.88 bits per heavy atom. The van der Waals surface area contributed by atoms with Gasteiger partial charge in [-0.05, 0) is 39.2 Å². The number of hydrogen-bond donors (Lipinski definition) is 0. The third-order valence-electron chi connectivity index (χ3n) is 4.31. The van der Waals surface area contributed by atoms with Crippen LogP contribution in [0.4, 0.5) is 4.79 Å². The molecule has 136 valence electrons. The molecular weight excluding hydrogens is 322 g/mol. The molecule has 25 heavy (non-hydrogen) atoms. The average Bonchev–Trinajstić information content (AvgIpc) is 3.30. The second-order valence-electron chi connectivity index (χ2n) is 7.51. The van der Waals surface area contributed by atoms with Crippen LogP contribution in [0.3, 0.4) is 0 Å². The number of epoxide rings is 1. The van der Waals surface area contributed by atoms with Gasteiger partial charge >= 0.3 is 12.1 Å². The fourth-order valence-corrected chi connectivity index (χ4v) is 3.14. The van der Waals surface area contributed by atoms with Crippen molar-refractivity contribution in [1.82, 2.24) is 4.90 Å². The van der Waals surface area contributed by atoms with E-state index in [1.807, 2.05) is 51.1 Å². The average molecular weight is 347 g/mol. The largest absolute Gasteiger partial charge is 0.458 e. The zero-order valence-electron chi connectivity index (χ0n) is 14.9. The Balaban J connectivity index is 1.68. The lowest BCUT2D eigenvalue weighted by molar-refractivity contribution is -0.160. The summed E-state index contributed by atoms with van der Waals surface area (Å²) in [5, 5.41) is 0. The highest BCUT2D eigenvalue weighted by molar-refractivity contribution is 5.82. The lowest BCUT2D eigenvalue weighted by Gasteiger charge is -2.30. The van der Waals surface area contributed by atoms with Crippen molar-refractivity contribution < 1.29 is 23.8 Å². The van der Waals surface area contributed by atoms with E-state index in [0.29, 0.717) is 13.0 Å². The molecule has 0 aromatic heterocycles. The van der Waals surface area contributed by atoms with Crippen LogP contribution >= 0.6 is 0 Å². The van der Waals surface area contributed by atoms with E-state index in [-0.39, 0.29) is 24.7 Å². The minimum absolute atomic E-state index is 0.00304. The Morgan fingerprint density at radius 3 is 2.48 bits per heavy atom. The smallest absolute Gasteiger partial charge is 0.411 e. The molecule has 2 aliphatic rings. The highest BCUT2D eigenvalue weighted by Gasteiger charge is 2.50. The number of ether oxygens (including phenoxy) is 3. The number of nitrogens with zero attached hydrogens (tertiary/aromatic N) is 1. The third kappa shape index (κ3) is 4.51. The lowest BCUT2D eigenvalue weighted by Crippen LogP contribution is -2.48. The first-order valence-electron chi connectivity index (χ1n) is 8.68. The van der Waals surface area contributed by atoms with Gasteiger partial charge in [-0.1, -0.05) is 30.3 Å². The summed E-state index contributed by atoms with van der Waals surface area (Å²) >= 11 is 0. The number of carbonyl (C=O) groups excluding carboxylic acids is 2. The fourth-order valence-electron chi connectivity index (χ4n) is 3.14. The molecule has 2 fully saturated rings. The highest BCUT2D eigenvalue weighted by atomic mass is 16.6. The molecule has 6 nitrogen and oxygen atoms in total. The van der Waals surface area contributed by atoms with Gasteiger partial charge in [0.25, 0.3) is 0 Å². The number of esters is 1. The normalized spacial score (nSPS) is 25.6. The first-order valence-corrected chi connectivity index (χ1v) is 8.68. The van der Waals surface area contributed by atoms with Crippen molar-refractivity contribution in [2.24, 2.45) is 0 Å². The van der Waals surface area contributed by atoms with E-state index in [1.54, 1.807) is 0 Å². The maximum Gasteiger partial charge on any atom is 0.411 e. The second kappa shape index (κ2) is 7.04. The van der Waals surface area contributed by atoms with E-state index >= 15 is 0 Å². The molecule has 0 spiro atoms. The zero-order valence-corrected chi connectivity index (χ0v) is 14.9. The molecule has 0 radical (unpaired) electrons. The SMILES string of the molecule is CC(C)(C)OC(=O)[C@@H]1CC[C@H]([C@@H]2CO2)N1C(=O)OCc1ccccc1. The summed E-state index contributed by atoms with van der Waals surface area (Å²) in [6.07, 6.45) is 0.795. The summed E-state index contributed by atoms with van der Waals surface area (Å²) in [7, 11) is 0. The minimum atomic E-state index is -0.614. The predicted molar refractivity (Wildman–Crippen MR) is 90.9 cm³/mol. The molecule has 2 aliphatic heterocycles. The van der Waals surface area contributed by atoms with Crippen LogP contribution < -0.4 is 0 Å². The van der Waals surface area contributed by atoms with Gasteiger partial charge in [-0.25, -0.2) is 9.59 Å². The topological polar surface area (TPSA) is 68.4 Å². The number of benzene rings is 1. The van der Waals surface area contributed by atoms with Crippen LogP contribution in [0.15, 0.2) is 30.3 Å². The summed E-state index contributed by atoms with van der Waals surface area (Å²) < 4.78 is 16.3. The van der Waals surface area contributed by atoms with E-state index in [4.69, 9.17) is 14.2 Å². The van der Waals surface area contributed by atoms with E-state index < -0.39 is 17.7 Å². The maximum atomic E-state index is 12.7. The van der Waals surface area contributed by atoms with Gasteiger partial charge in [-0.15, -0.1) is 0 Å². The van der Waals surface area contributed by atoms with Crippen molar-refractivity contribution >= 4 is 12.1 Å². The van der Waals surface area contributed by atoms with Crippen LogP contribution in [0, 0.1) is 0 Å². The lowest BCUT2D eigenvalue weighted by atomic mass is 10.1. The van der Waals surface area contributed by atoms with Gasteiger partial charge in [0.2, 0.25) is 0 Å². The summed E-state index contributed by atoms with van der Waals surface area (Å²) in [5.41, 5.74) is 0.313. The molecule has 2 saturated heterocycles. The Morgan fingerprint density at radius 1 is 1.20 bits per heavy atom. The first-order chi connectivity index (χ1) is 11.8. The number of amides is 1. The number of likely N-dealkylation sites (tertiary alicyclic amines) is 1. The van der Waals surface area contributed by atoms with Crippen molar-refractivity contribution in [3.63, 3.8) is 0 Å². The van der Waals surface area contributed by atoms with Crippen molar-refractivity contribution in [1.29, 1.82) is 0 Å². The van der Waals surface area contributed by atoms with E-state index in [2.05, 4.69) is 0 Å². The fraction of sp³-hybridized carbons (Fsp3) is 0.579. The monoisotopic (exact) mass is 347 g/mol. The Labute approximate surface area is 148 Å². The highest BCUT2D eigenvalue weighted by Crippen LogP contribution is 2.34. The summed E-state index contributed by atoms with van der Waals surface area (Å²) in [6, 6.07) is 8.74. The Hall–Kier alpha value is -2.08. The minimum Gasteiger partial charge on any atom is -0.458 e. The number of rotatable bonds is 4. The van der Waals surface area contributed by atoms with E-state index in [9.17, 15) is 9.59 Å². The van der Waals surface area contributed by atoms with Gasteiger partial charge < -0.3 is 14.2 Å². The van der Waals surface area contributed by atoms with Gasteiger partial charge in [0.05, 0.1) is 12.6 Å². The standard InChI is InChI=1S/C19H25NO5/c1-19(2,3)25-17(21)15-10-9-14(16-12-23-16)20(15)18(22)24-11-13-7-5-4-6-8-13/h4-8,14-16H,9-12H2,1-3H3/t14-,15+,16+/m1/s1. The maximum absolute atomic E-state index is 12.7. The van der Waals surface area contributed by atoms with Gasteiger partial charge in [0.1, 0.15) is 24.4 Å². The molecule has 1 aromatic rings. The molecule has 2 heterocycles. The van der Waals surface area contributed by atoms with Crippen LogP contribution in [0.25, 0.3) is 0 Å². The van der Waals surface area contributed by atoms with Crippen LogP contribution in [0.1, 0.15) is 39.2 Å². The second-order valence-corrected chi connectivity index (χ2v) is 7.51. The summed E-state index contributed by atoms with van der Waals surface area (Å²) in [6.45, 7) is 6.25. The van der Waals surface area contributed by atoms with Gasteiger partial charge in [0, 0.05) is 0 Å². The quantitative estimate of drug-likeness (QED) is 0.619. The van der Waals surface area contributed by atoms with Crippen LogP contribution in [-0.2, 0) is 25.6 Å². The molecule has 6 heteroatoms. The van der Waals surface area contributed by atoms with Gasteiger partial charge in [-0.3, -0.25) is 4.90 Å². The van der Waals surface area contributed by atoms with Crippen LogP contribution in [-0.4, -0.2) is 47.4 Å². The van der Waals surface area contributed by atoms with Crippen LogP contribution in [0.5, 0.6) is 0 Å². The molecule has 0 aliphatic carbocycles. The molecule has 0 bridgehead atoms. The van der Waals surface area contributed by atoms with E-state index in [1.165, 1.54) is 4.90 Å². The zero-order chi connectivity index (χ0) is 18.0. The Bertz CT molecular complexity index is 620. The van der Waals surface area contributed by atoms with Gasteiger partial charge in [-0.2, -0.15) is 0 Å². The molecule has 0 saturated carbocycles. The summed E-state index contributed by atoms with van der Waals surface area (Å²) in [4.78, 5) is 26.7. The number of carbonyl (C=O) groups is 2. The van der Waals surface area contributed by atoms with Crippen LogP contribution in [0.2, 0.25) is 0 Å². The molecular formula is C19H25NO5. The van der Waals surface area contributed by atoms with Crippen molar-refractivity contribution in [3.8, 4) is 0 Å². The van der Waals surface area contributed by atoms with Crippen molar-refractivity contribution in [2.45, 2.75) is 64.0 Å². The molecule has 3 atom stereocenters. The molecule has 3 rings (SSSR count). The molecule has 1 amide bonds. The molecule has 1 aromatic carbocycles. The van der Waals surface area contributed by atoms with Crippen molar-refractivity contribution in [2.75, 3.05) is 6.61 Å². The first kappa shape index (κ1) is 17.7. The predicted octanol–water partition coefficient (Wildman–Crippen LogP) is 2.90. The van der Waals surface area contributed by atoms with Gasteiger partial charge in [0.15, 0.2) is 0 Å². The number of hydrogen-bond acceptors (Lipinski definition) is 5. The summed E-state index contributed by atoms with van der Waals surface area (Å²) in [5.74, 6) is -0.382. The Kier molecular flexibility index (Phi) is 4.99. The van der Waals surface area contributed by atoms with Crippen molar-refractivity contribution in [3.05, 3.63) is 35.9 Å². The molecule has 0 N–H and O–H groups in total. The van der Waals surface area contributed by atoms with E-state index in [0.717, 1.165) is 12.0 Å². The third-order valence-corrected chi connectivity index (χ3v) is 4.31. The molecule has 0 unspecified atom stereocenters.